The van der Waals surface area contributed by atoms with E-state index in [2.05, 4.69) is 15.0 Å². The molecule has 0 amide bonds. The zero-order chi connectivity index (χ0) is 14.2. The fourth-order valence-electron chi connectivity index (χ4n) is 1.45. The quantitative estimate of drug-likeness (QED) is 0.509. The van der Waals surface area contributed by atoms with Crippen LogP contribution in [0.2, 0.25) is 0 Å². The molecule has 0 bridgehead atoms. The number of anilines is 1. The number of hydrogen-bond donors (Lipinski definition) is 4. The summed E-state index contributed by atoms with van der Waals surface area (Å²) in [5.41, 5.74) is 5.63. The van der Waals surface area contributed by atoms with Gasteiger partial charge in [-0.3, -0.25) is 9.36 Å². The van der Waals surface area contributed by atoms with E-state index < -0.39 is 17.5 Å². The third-order valence-electron chi connectivity index (χ3n) is 2.81. The molecule has 1 atom stereocenters. The Kier molecular flexibility index (Phi) is 3.27. The minimum Gasteiger partial charge on any atom is -0.369 e. The van der Waals surface area contributed by atoms with Gasteiger partial charge >= 0.3 is 5.56 Å². The first-order valence-corrected chi connectivity index (χ1v) is 5.56. The minimum atomic E-state index is -1.98. The highest BCUT2D eigenvalue weighted by molar-refractivity contribution is 5.70. The van der Waals surface area contributed by atoms with Crippen LogP contribution in [0.15, 0.2) is 11.1 Å². The topological polar surface area (TPSA) is 139 Å². The van der Waals surface area contributed by atoms with Gasteiger partial charge in [0.15, 0.2) is 17.0 Å². The second-order valence-electron chi connectivity index (χ2n) is 4.34. The number of nitrogens with one attached hydrogen (secondary N) is 1. The molecular weight excluding hydrogens is 254 g/mol. The molecule has 0 aliphatic carbocycles. The molecule has 1 unspecified atom stereocenters. The van der Waals surface area contributed by atoms with Gasteiger partial charge in [-0.1, -0.05) is 0 Å². The highest BCUT2D eigenvalue weighted by Crippen LogP contribution is 2.13. The van der Waals surface area contributed by atoms with Crippen molar-refractivity contribution in [3.63, 3.8) is 0 Å². The molecule has 9 heteroatoms. The Morgan fingerprint density at radius 1 is 1.63 bits per heavy atom. The molecular formula is C10H15N5O4. The SMILES string of the molecule is CC(OCn1c(N)nc(=O)c2[nH]cnc21)C(C)(O)O. The van der Waals surface area contributed by atoms with Crippen molar-refractivity contribution in [1.82, 2.24) is 19.5 Å². The number of aromatic nitrogens is 4. The summed E-state index contributed by atoms with van der Waals surface area (Å²) in [6.45, 7) is 2.58. The summed E-state index contributed by atoms with van der Waals surface area (Å²) in [7, 11) is 0. The van der Waals surface area contributed by atoms with Gasteiger partial charge in [0.25, 0.3) is 0 Å². The van der Waals surface area contributed by atoms with Crippen LogP contribution in [0.1, 0.15) is 13.8 Å². The number of nitrogens with zero attached hydrogens (tertiary/aromatic N) is 3. The van der Waals surface area contributed by atoms with Crippen LogP contribution in [0, 0.1) is 0 Å². The van der Waals surface area contributed by atoms with Crippen molar-refractivity contribution in [1.29, 1.82) is 0 Å². The second kappa shape index (κ2) is 4.61. The maximum atomic E-state index is 11.5. The van der Waals surface area contributed by atoms with E-state index in [1.54, 1.807) is 0 Å². The second-order valence-corrected chi connectivity index (χ2v) is 4.34. The minimum absolute atomic E-state index is 0.0608. The molecule has 2 aromatic rings. The molecule has 0 radical (unpaired) electrons. The van der Waals surface area contributed by atoms with E-state index in [1.807, 2.05) is 0 Å². The van der Waals surface area contributed by atoms with Gasteiger partial charge in [0.2, 0.25) is 5.95 Å². The molecule has 104 valence electrons. The van der Waals surface area contributed by atoms with E-state index in [1.165, 1.54) is 24.7 Å². The Balaban J connectivity index is 2.31. The molecule has 9 nitrogen and oxygen atoms in total. The standard InChI is InChI=1S/C10H15N5O4/c1-5(10(2,17)18)19-4-15-7-6(12-3-13-7)8(16)14-9(15)11/h3,5,17-18H,4H2,1-2H3,(H,12,13)(H2,11,14,16). The van der Waals surface area contributed by atoms with Crippen LogP contribution in [0.4, 0.5) is 5.95 Å². The van der Waals surface area contributed by atoms with E-state index in [9.17, 15) is 15.0 Å². The predicted octanol–water partition coefficient (Wildman–Crippen LogP) is -1.23. The first-order valence-electron chi connectivity index (χ1n) is 5.56. The fraction of sp³-hybridized carbons (Fsp3) is 0.500. The number of fused-ring (bicyclic) bond motifs is 1. The van der Waals surface area contributed by atoms with Crippen molar-refractivity contribution in [2.75, 3.05) is 5.73 Å². The van der Waals surface area contributed by atoms with Gasteiger partial charge in [0.05, 0.1) is 6.33 Å². The van der Waals surface area contributed by atoms with Crippen molar-refractivity contribution in [2.45, 2.75) is 32.5 Å². The number of nitrogens with two attached hydrogens (primary N) is 1. The molecule has 0 saturated carbocycles. The van der Waals surface area contributed by atoms with Crippen LogP contribution in [0.3, 0.4) is 0 Å². The zero-order valence-corrected chi connectivity index (χ0v) is 10.5. The van der Waals surface area contributed by atoms with Crippen LogP contribution >= 0.6 is 0 Å². The summed E-state index contributed by atoms with van der Waals surface area (Å²) in [5.74, 6) is -2.04. The lowest BCUT2D eigenvalue weighted by Crippen LogP contribution is -2.39. The van der Waals surface area contributed by atoms with Gasteiger partial charge < -0.3 is 25.7 Å². The normalized spacial score (nSPS) is 13.9. The van der Waals surface area contributed by atoms with Crippen molar-refractivity contribution in [3.05, 3.63) is 16.7 Å². The highest BCUT2D eigenvalue weighted by atomic mass is 16.6. The fourth-order valence-corrected chi connectivity index (χ4v) is 1.45. The lowest BCUT2D eigenvalue weighted by atomic mass is 10.2. The molecule has 0 spiro atoms. The summed E-state index contributed by atoms with van der Waals surface area (Å²) in [5, 5.41) is 18.7. The average Bonchev–Trinajstić information content (AvgIpc) is 2.76. The first-order chi connectivity index (χ1) is 8.80. The molecule has 2 rings (SSSR count). The van der Waals surface area contributed by atoms with Gasteiger partial charge in [0, 0.05) is 0 Å². The number of rotatable bonds is 4. The molecule has 0 aliphatic rings. The third-order valence-corrected chi connectivity index (χ3v) is 2.81. The molecule has 2 heterocycles. The zero-order valence-electron chi connectivity index (χ0n) is 10.5. The largest absolute Gasteiger partial charge is 0.369 e. The lowest BCUT2D eigenvalue weighted by molar-refractivity contribution is -0.228. The summed E-state index contributed by atoms with van der Waals surface area (Å²) < 4.78 is 6.63. The Morgan fingerprint density at radius 3 is 2.95 bits per heavy atom. The van der Waals surface area contributed by atoms with E-state index in [4.69, 9.17) is 10.5 Å². The average molecular weight is 269 g/mol. The number of imidazole rings is 1. The number of hydrogen-bond acceptors (Lipinski definition) is 7. The van der Waals surface area contributed by atoms with Crippen LogP contribution in [0.25, 0.3) is 11.2 Å². The van der Waals surface area contributed by atoms with Gasteiger partial charge in [-0.25, -0.2) is 4.98 Å². The Hall–Kier alpha value is -1.97. The number of aliphatic hydroxyl groups is 2. The Labute approximate surface area is 107 Å². The first kappa shape index (κ1) is 13.5. The van der Waals surface area contributed by atoms with Crippen molar-refractivity contribution in [2.24, 2.45) is 0 Å². The molecule has 2 aromatic heterocycles. The lowest BCUT2D eigenvalue weighted by Gasteiger charge is -2.25. The number of ether oxygens (including phenoxy) is 1. The maximum absolute atomic E-state index is 11.5. The van der Waals surface area contributed by atoms with Crippen LogP contribution in [0.5, 0.6) is 0 Å². The maximum Gasteiger partial charge on any atom is 0.300 e. The van der Waals surface area contributed by atoms with Gasteiger partial charge in [0.1, 0.15) is 12.8 Å². The molecule has 0 aromatic carbocycles. The van der Waals surface area contributed by atoms with Crippen LogP contribution in [-0.4, -0.2) is 41.6 Å². The number of nitrogen functional groups attached to an aromatic ring is 1. The van der Waals surface area contributed by atoms with Crippen LogP contribution < -0.4 is 11.3 Å². The van der Waals surface area contributed by atoms with Gasteiger partial charge in [-0.2, -0.15) is 4.98 Å². The van der Waals surface area contributed by atoms with Crippen molar-refractivity contribution < 1.29 is 14.9 Å². The monoisotopic (exact) mass is 269 g/mol. The molecule has 19 heavy (non-hydrogen) atoms. The van der Waals surface area contributed by atoms with E-state index in [0.717, 1.165) is 0 Å². The van der Waals surface area contributed by atoms with E-state index in [-0.39, 0.29) is 18.2 Å². The van der Waals surface area contributed by atoms with Crippen molar-refractivity contribution >= 4 is 17.1 Å². The third kappa shape index (κ3) is 2.57. The Bertz CT molecular complexity index is 641. The van der Waals surface area contributed by atoms with Crippen molar-refractivity contribution in [3.8, 4) is 0 Å². The number of H-pyrrole nitrogens is 1. The smallest absolute Gasteiger partial charge is 0.300 e. The molecule has 0 aliphatic heterocycles. The van der Waals surface area contributed by atoms with E-state index in [0.29, 0.717) is 5.65 Å². The number of aromatic amines is 1. The summed E-state index contributed by atoms with van der Waals surface area (Å²) in [4.78, 5) is 21.8. The predicted molar refractivity (Wildman–Crippen MR) is 66.0 cm³/mol. The summed E-state index contributed by atoms with van der Waals surface area (Å²) >= 11 is 0. The summed E-state index contributed by atoms with van der Waals surface area (Å²) in [6, 6.07) is 0. The van der Waals surface area contributed by atoms with Crippen LogP contribution in [-0.2, 0) is 11.5 Å². The molecule has 0 fully saturated rings. The molecule has 5 N–H and O–H groups in total. The van der Waals surface area contributed by atoms with Gasteiger partial charge in [-0.05, 0) is 13.8 Å². The highest BCUT2D eigenvalue weighted by Gasteiger charge is 2.26. The Morgan fingerprint density at radius 2 is 2.32 bits per heavy atom. The molecule has 0 saturated heterocycles. The summed E-state index contributed by atoms with van der Waals surface area (Å²) in [6.07, 6.45) is 0.482. The van der Waals surface area contributed by atoms with Gasteiger partial charge in [-0.15, -0.1) is 0 Å². The van der Waals surface area contributed by atoms with E-state index >= 15 is 0 Å².